The molecule has 0 saturated carbocycles. The SMILES string of the molecule is CN=C(NCc1nccn1C(F)F)N1CC2OCCN(Cc3ccccc3)C2C1. The van der Waals surface area contributed by atoms with Gasteiger partial charge in [0.25, 0.3) is 0 Å². The summed E-state index contributed by atoms with van der Waals surface area (Å²) < 4.78 is 32.9. The van der Waals surface area contributed by atoms with Gasteiger partial charge in [0.05, 0.1) is 25.3 Å². The van der Waals surface area contributed by atoms with Crippen LogP contribution in [0.15, 0.2) is 47.7 Å². The van der Waals surface area contributed by atoms with Gasteiger partial charge in [0, 0.05) is 45.6 Å². The van der Waals surface area contributed by atoms with E-state index in [0.29, 0.717) is 12.6 Å². The summed E-state index contributed by atoms with van der Waals surface area (Å²) in [6.45, 7) is 1.56. The zero-order valence-corrected chi connectivity index (χ0v) is 16.4. The number of nitrogens with zero attached hydrogens (tertiary/aromatic N) is 5. The van der Waals surface area contributed by atoms with E-state index in [0.717, 1.165) is 30.7 Å². The average molecular weight is 404 g/mol. The Balaban J connectivity index is 1.39. The van der Waals surface area contributed by atoms with Gasteiger partial charge in [-0.25, -0.2) is 4.98 Å². The van der Waals surface area contributed by atoms with Crippen molar-refractivity contribution in [1.29, 1.82) is 0 Å². The van der Waals surface area contributed by atoms with Crippen LogP contribution < -0.4 is 5.32 Å². The highest BCUT2D eigenvalue weighted by atomic mass is 19.3. The number of hydrogen-bond donors (Lipinski definition) is 1. The normalized spacial score (nSPS) is 22.9. The lowest BCUT2D eigenvalue weighted by molar-refractivity contribution is -0.0502. The van der Waals surface area contributed by atoms with Gasteiger partial charge in [-0.3, -0.25) is 14.5 Å². The van der Waals surface area contributed by atoms with E-state index in [1.807, 2.05) is 6.07 Å². The molecule has 2 unspecified atom stereocenters. The minimum Gasteiger partial charge on any atom is -0.373 e. The number of rotatable bonds is 5. The smallest absolute Gasteiger partial charge is 0.319 e. The first-order valence-corrected chi connectivity index (χ1v) is 9.80. The summed E-state index contributed by atoms with van der Waals surface area (Å²) in [5.41, 5.74) is 1.29. The van der Waals surface area contributed by atoms with Gasteiger partial charge in [-0.15, -0.1) is 0 Å². The van der Waals surface area contributed by atoms with E-state index >= 15 is 0 Å². The summed E-state index contributed by atoms with van der Waals surface area (Å²) in [7, 11) is 1.70. The van der Waals surface area contributed by atoms with E-state index in [9.17, 15) is 8.78 Å². The molecule has 29 heavy (non-hydrogen) atoms. The summed E-state index contributed by atoms with van der Waals surface area (Å²) in [4.78, 5) is 13.0. The topological polar surface area (TPSA) is 57.9 Å². The number of guanidine groups is 1. The third-order valence-corrected chi connectivity index (χ3v) is 5.52. The van der Waals surface area contributed by atoms with Gasteiger partial charge in [0.2, 0.25) is 0 Å². The molecule has 9 heteroatoms. The molecule has 1 aromatic heterocycles. The number of hydrogen-bond acceptors (Lipinski definition) is 4. The molecule has 2 aromatic rings. The molecular formula is C20H26F2N6O. The van der Waals surface area contributed by atoms with Crippen molar-refractivity contribution in [2.24, 2.45) is 4.99 Å². The van der Waals surface area contributed by atoms with Crippen LogP contribution in [0.5, 0.6) is 0 Å². The quantitative estimate of drug-likeness (QED) is 0.610. The summed E-state index contributed by atoms with van der Waals surface area (Å²) in [5, 5.41) is 3.17. The van der Waals surface area contributed by atoms with Crippen molar-refractivity contribution in [1.82, 2.24) is 24.7 Å². The van der Waals surface area contributed by atoms with Crippen molar-refractivity contribution in [2.75, 3.05) is 33.3 Å². The second kappa shape index (κ2) is 8.87. The Labute approximate surface area is 169 Å². The Morgan fingerprint density at radius 3 is 2.90 bits per heavy atom. The highest BCUT2D eigenvalue weighted by molar-refractivity contribution is 5.80. The van der Waals surface area contributed by atoms with Crippen LogP contribution in [-0.2, 0) is 17.8 Å². The zero-order chi connectivity index (χ0) is 20.2. The fourth-order valence-electron chi connectivity index (χ4n) is 4.09. The number of alkyl halides is 2. The van der Waals surface area contributed by atoms with Crippen LogP contribution in [0.3, 0.4) is 0 Å². The Kier molecular flexibility index (Phi) is 6.05. The van der Waals surface area contributed by atoms with E-state index < -0.39 is 6.55 Å². The van der Waals surface area contributed by atoms with Crippen molar-refractivity contribution in [3.05, 3.63) is 54.1 Å². The number of imidazole rings is 1. The van der Waals surface area contributed by atoms with Gasteiger partial charge in [-0.2, -0.15) is 8.78 Å². The number of aromatic nitrogens is 2. The molecular weight excluding hydrogens is 378 g/mol. The lowest BCUT2D eigenvalue weighted by atomic mass is 10.1. The van der Waals surface area contributed by atoms with E-state index in [2.05, 4.69) is 49.4 Å². The fourth-order valence-corrected chi connectivity index (χ4v) is 4.09. The molecule has 0 spiro atoms. The van der Waals surface area contributed by atoms with Gasteiger partial charge in [-0.05, 0) is 5.56 Å². The molecule has 0 amide bonds. The van der Waals surface area contributed by atoms with E-state index in [1.165, 1.54) is 18.0 Å². The number of likely N-dealkylation sites (tertiary alicyclic amines) is 1. The van der Waals surface area contributed by atoms with Crippen LogP contribution in [0, 0.1) is 0 Å². The number of nitrogens with one attached hydrogen (secondary N) is 1. The molecule has 2 aliphatic heterocycles. The number of halogens is 2. The molecule has 1 N–H and O–H groups in total. The van der Waals surface area contributed by atoms with Crippen LogP contribution in [0.25, 0.3) is 0 Å². The maximum absolute atomic E-state index is 13.0. The second-order valence-electron chi connectivity index (χ2n) is 7.27. The molecule has 2 aliphatic rings. The van der Waals surface area contributed by atoms with Crippen molar-refractivity contribution in [2.45, 2.75) is 31.8 Å². The molecule has 0 aliphatic carbocycles. The Hall–Kier alpha value is -2.52. The summed E-state index contributed by atoms with van der Waals surface area (Å²) >= 11 is 0. The largest absolute Gasteiger partial charge is 0.373 e. The maximum atomic E-state index is 13.0. The third-order valence-electron chi connectivity index (χ3n) is 5.52. The fraction of sp³-hybridized carbons (Fsp3) is 0.500. The first-order valence-electron chi connectivity index (χ1n) is 9.80. The van der Waals surface area contributed by atoms with Crippen molar-refractivity contribution in [3.8, 4) is 0 Å². The lowest BCUT2D eigenvalue weighted by Gasteiger charge is -2.36. The number of aliphatic imine (C=N–C) groups is 1. The van der Waals surface area contributed by atoms with Crippen LogP contribution in [0.2, 0.25) is 0 Å². The monoisotopic (exact) mass is 404 g/mol. The molecule has 4 rings (SSSR count). The summed E-state index contributed by atoms with van der Waals surface area (Å²) in [6, 6.07) is 10.7. The molecule has 2 fully saturated rings. The van der Waals surface area contributed by atoms with E-state index in [1.54, 1.807) is 7.05 Å². The van der Waals surface area contributed by atoms with Crippen molar-refractivity contribution < 1.29 is 13.5 Å². The zero-order valence-electron chi connectivity index (χ0n) is 16.4. The minimum atomic E-state index is -2.61. The molecule has 156 valence electrons. The maximum Gasteiger partial charge on any atom is 0.319 e. The lowest BCUT2D eigenvalue weighted by Crippen LogP contribution is -2.50. The van der Waals surface area contributed by atoms with Crippen LogP contribution in [0.1, 0.15) is 17.9 Å². The van der Waals surface area contributed by atoms with Crippen LogP contribution >= 0.6 is 0 Å². The number of benzene rings is 1. The molecule has 1 aromatic carbocycles. The average Bonchev–Trinajstić information content (AvgIpc) is 3.37. The number of morpholine rings is 1. The van der Waals surface area contributed by atoms with E-state index in [4.69, 9.17) is 4.74 Å². The highest BCUT2D eigenvalue weighted by Gasteiger charge is 2.41. The molecule has 2 atom stereocenters. The molecule has 0 radical (unpaired) electrons. The van der Waals surface area contributed by atoms with Crippen LogP contribution in [0.4, 0.5) is 8.78 Å². The second-order valence-corrected chi connectivity index (χ2v) is 7.27. The summed E-state index contributed by atoms with van der Waals surface area (Å²) in [6.07, 6.45) is 2.77. The van der Waals surface area contributed by atoms with Crippen molar-refractivity contribution >= 4 is 5.96 Å². The predicted molar refractivity (Wildman–Crippen MR) is 106 cm³/mol. The van der Waals surface area contributed by atoms with Gasteiger partial charge < -0.3 is 15.0 Å². The molecule has 0 bridgehead atoms. The van der Waals surface area contributed by atoms with Crippen LogP contribution in [-0.4, -0.2) is 70.7 Å². The van der Waals surface area contributed by atoms with E-state index in [-0.39, 0.29) is 24.5 Å². The van der Waals surface area contributed by atoms with Gasteiger partial charge in [0.15, 0.2) is 5.96 Å². The third kappa shape index (κ3) is 4.40. The Morgan fingerprint density at radius 1 is 1.31 bits per heavy atom. The minimum absolute atomic E-state index is 0.106. The molecule has 3 heterocycles. The molecule has 7 nitrogen and oxygen atoms in total. The van der Waals surface area contributed by atoms with Gasteiger partial charge in [0.1, 0.15) is 5.82 Å². The van der Waals surface area contributed by atoms with Crippen molar-refractivity contribution in [3.63, 3.8) is 0 Å². The predicted octanol–water partition coefficient (Wildman–Crippen LogP) is 1.94. The summed E-state index contributed by atoms with van der Waals surface area (Å²) in [5.74, 6) is 0.950. The first kappa shape index (κ1) is 19.8. The number of ether oxygens (including phenoxy) is 1. The standard InChI is InChI=1S/C20H26F2N6O/c1-23-20(25-11-18-24-7-8-28(18)19(21)22)27-13-16-17(14-27)29-10-9-26(16)12-15-5-3-2-4-6-15/h2-8,16-17,19H,9-14H2,1H3,(H,23,25). The first-order chi connectivity index (χ1) is 14.2. The number of fused-ring (bicyclic) bond motifs is 1. The van der Waals surface area contributed by atoms with Gasteiger partial charge >= 0.3 is 6.55 Å². The Morgan fingerprint density at radius 2 is 2.14 bits per heavy atom. The van der Waals surface area contributed by atoms with Gasteiger partial charge in [-0.1, -0.05) is 30.3 Å². The molecule has 2 saturated heterocycles. The highest BCUT2D eigenvalue weighted by Crippen LogP contribution is 2.24. The Bertz CT molecular complexity index is 827.